The topological polar surface area (TPSA) is 15.3 Å². The van der Waals surface area contributed by atoms with Gasteiger partial charge in [0.1, 0.15) is 0 Å². The molecule has 0 spiro atoms. The third-order valence-corrected chi connectivity index (χ3v) is 5.34. The van der Waals surface area contributed by atoms with Gasteiger partial charge in [-0.15, -0.1) is 24.8 Å². The Bertz CT molecular complexity index is 542. The summed E-state index contributed by atoms with van der Waals surface area (Å²) in [5.41, 5.74) is 0.185. The van der Waals surface area contributed by atoms with Gasteiger partial charge in [-0.25, -0.2) is 0 Å². The molecule has 144 valence electrons. The van der Waals surface area contributed by atoms with E-state index in [1.165, 1.54) is 18.9 Å². The number of rotatable bonds is 3. The molecule has 0 amide bonds. The molecule has 1 aromatic carbocycles. The zero-order chi connectivity index (χ0) is 16.4. The number of hydrogen-bond donors (Lipinski definition) is 1. The second kappa shape index (κ2) is 9.65. The lowest BCUT2D eigenvalue weighted by Gasteiger charge is -2.39. The molecule has 0 bridgehead atoms. The van der Waals surface area contributed by atoms with Crippen molar-refractivity contribution in [3.05, 3.63) is 34.3 Å². The van der Waals surface area contributed by atoms with Crippen molar-refractivity contribution in [3.8, 4) is 0 Å². The first kappa shape index (κ1) is 22.8. The Morgan fingerprint density at radius 1 is 1.08 bits per heavy atom. The summed E-state index contributed by atoms with van der Waals surface area (Å²) in [6.07, 6.45) is 0.317. The Morgan fingerprint density at radius 3 is 2.20 bits per heavy atom. The van der Waals surface area contributed by atoms with E-state index in [0.29, 0.717) is 5.92 Å². The van der Waals surface area contributed by atoms with Gasteiger partial charge in [0.05, 0.1) is 10.6 Å². The molecule has 1 saturated carbocycles. The Labute approximate surface area is 164 Å². The predicted octanol–water partition coefficient (Wildman–Crippen LogP) is 5.34. The van der Waals surface area contributed by atoms with Gasteiger partial charge in [0.25, 0.3) is 0 Å². The molecule has 1 aliphatic carbocycles. The second-order valence-corrected chi connectivity index (χ2v) is 6.92. The number of benzene rings is 1. The van der Waals surface area contributed by atoms with E-state index in [-0.39, 0.29) is 35.9 Å². The van der Waals surface area contributed by atoms with E-state index in [2.05, 4.69) is 10.2 Å². The second-order valence-electron chi connectivity index (χ2n) is 6.51. The lowest BCUT2D eigenvalue weighted by atomic mass is 9.89. The Morgan fingerprint density at radius 2 is 1.68 bits per heavy atom. The van der Waals surface area contributed by atoms with Gasteiger partial charge in [-0.2, -0.15) is 13.2 Å². The number of hydrogen-bond acceptors (Lipinski definition) is 2. The van der Waals surface area contributed by atoms with Gasteiger partial charge in [0.15, 0.2) is 0 Å². The van der Waals surface area contributed by atoms with E-state index >= 15 is 0 Å². The van der Waals surface area contributed by atoms with Crippen molar-refractivity contribution < 1.29 is 13.2 Å². The minimum atomic E-state index is -4.40. The van der Waals surface area contributed by atoms with Crippen LogP contribution < -0.4 is 5.32 Å². The molecule has 1 saturated heterocycles. The largest absolute Gasteiger partial charge is 0.417 e. The fourth-order valence-electron chi connectivity index (χ4n) is 3.96. The third kappa shape index (κ3) is 5.39. The van der Waals surface area contributed by atoms with Crippen molar-refractivity contribution in [1.82, 2.24) is 10.2 Å². The van der Waals surface area contributed by atoms with Gasteiger partial charge in [-0.1, -0.05) is 30.5 Å². The first-order chi connectivity index (χ1) is 11.0. The molecule has 3 rings (SSSR count). The van der Waals surface area contributed by atoms with Crippen LogP contribution in [0.1, 0.15) is 42.9 Å². The number of alkyl halides is 3. The van der Waals surface area contributed by atoms with Crippen molar-refractivity contribution in [1.29, 1.82) is 0 Å². The Balaban J connectivity index is 0.00000156. The molecule has 1 aromatic rings. The highest BCUT2D eigenvalue weighted by Gasteiger charge is 2.36. The maximum atomic E-state index is 12.9. The average molecular weight is 420 g/mol. The van der Waals surface area contributed by atoms with Crippen molar-refractivity contribution in [2.75, 3.05) is 26.2 Å². The summed E-state index contributed by atoms with van der Waals surface area (Å²) in [7, 11) is 0. The summed E-state index contributed by atoms with van der Waals surface area (Å²) in [6, 6.07) is 4.48. The first-order valence-electron chi connectivity index (χ1n) is 8.28. The molecule has 8 heteroatoms. The minimum Gasteiger partial charge on any atom is -0.314 e. The van der Waals surface area contributed by atoms with Crippen LogP contribution in [0.15, 0.2) is 18.2 Å². The molecule has 0 aromatic heterocycles. The molecule has 1 aliphatic heterocycles. The fourth-order valence-corrected chi connectivity index (χ4v) is 4.26. The molecule has 0 radical (unpaired) electrons. The Kier molecular flexibility index (Phi) is 8.82. The van der Waals surface area contributed by atoms with E-state index in [0.717, 1.165) is 50.7 Å². The van der Waals surface area contributed by atoms with Crippen LogP contribution in [-0.2, 0) is 6.18 Å². The number of nitrogens with zero attached hydrogens (tertiary/aromatic N) is 1. The van der Waals surface area contributed by atoms with Gasteiger partial charge < -0.3 is 5.32 Å². The van der Waals surface area contributed by atoms with Crippen LogP contribution in [0.2, 0.25) is 5.02 Å². The molecule has 2 nitrogen and oxygen atoms in total. The summed E-state index contributed by atoms with van der Waals surface area (Å²) >= 11 is 5.95. The molecule has 2 aliphatic rings. The normalized spacial score (nSPS) is 20.6. The third-order valence-electron chi connectivity index (χ3n) is 5.03. The quantitative estimate of drug-likeness (QED) is 0.711. The van der Waals surface area contributed by atoms with Gasteiger partial charge in [0, 0.05) is 32.2 Å². The van der Waals surface area contributed by atoms with Crippen molar-refractivity contribution in [3.63, 3.8) is 0 Å². The van der Waals surface area contributed by atoms with Crippen LogP contribution in [0.5, 0.6) is 0 Å². The van der Waals surface area contributed by atoms with E-state index < -0.39 is 11.7 Å². The van der Waals surface area contributed by atoms with Gasteiger partial charge in [-0.3, -0.25) is 4.90 Å². The van der Waals surface area contributed by atoms with Gasteiger partial charge >= 0.3 is 6.18 Å². The molecular formula is C17H24Cl3F3N2. The summed E-state index contributed by atoms with van der Waals surface area (Å²) in [5.74, 6) is 0.515. The van der Waals surface area contributed by atoms with Crippen molar-refractivity contribution >= 4 is 36.4 Å². The molecular weight excluding hydrogens is 396 g/mol. The van der Waals surface area contributed by atoms with Crippen molar-refractivity contribution in [2.24, 2.45) is 5.92 Å². The zero-order valence-corrected chi connectivity index (χ0v) is 16.2. The van der Waals surface area contributed by atoms with Gasteiger partial charge in [-0.05, 0) is 36.5 Å². The van der Waals surface area contributed by atoms with E-state index in [1.54, 1.807) is 6.07 Å². The maximum Gasteiger partial charge on any atom is 0.417 e. The lowest BCUT2D eigenvalue weighted by molar-refractivity contribution is -0.137. The van der Waals surface area contributed by atoms with Gasteiger partial charge in [0.2, 0.25) is 0 Å². The standard InChI is InChI=1S/C17H22ClF3N2.2ClH/c18-15-11-13(5-6-14(15)17(19,20)21)16(12-3-1-2-4-12)23-9-7-22-8-10-23;;/h5-6,11-12,16,22H,1-4,7-10H2;2*1H/t16-;;/m0../s1. The van der Waals surface area contributed by atoms with Crippen LogP contribution in [-0.4, -0.2) is 31.1 Å². The molecule has 1 N–H and O–H groups in total. The molecule has 25 heavy (non-hydrogen) atoms. The SMILES string of the molecule is Cl.Cl.FC(F)(F)c1ccc([C@H](C2CCCC2)N2CCNCC2)cc1Cl. The summed E-state index contributed by atoms with van der Waals surface area (Å²) in [4.78, 5) is 2.41. The van der Waals surface area contributed by atoms with E-state index in [9.17, 15) is 13.2 Å². The van der Waals surface area contributed by atoms with Crippen LogP contribution in [0, 0.1) is 5.92 Å². The highest BCUT2D eigenvalue weighted by Crippen LogP contribution is 2.42. The average Bonchev–Trinajstić information content (AvgIpc) is 3.01. The number of nitrogens with one attached hydrogen (secondary N) is 1. The monoisotopic (exact) mass is 418 g/mol. The highest BCUT2D eigenvalue weighted by atomic mass is 35.5. The number of halogens is 6. The number of piperazine rings is 1. The first-order valence-corrected chi connectivity index (χ1v) is 8.66. The summed E-state index contributed by atoms with van der Waals surface area (Å²) in [5, 5.41) is 3.15. The van der Waals surface area contributed by atoms with Crippen LogP contribution in [0.4, 0.5) is 13.2 Å². The highest BCUT2D eigenvalue weighted by molar-refractivity contribution is 6.31. The Hall–Kier alpha value is -0.200. The van der Waals surface area contributed by atoms with Crippen molar-refractivity contribution in [2.45, 2.75) is 37.9 Å². The summed E-state index contributed by atoms with van der Waals surface area (Å²) in [6.45, 7) is 3.72. The van der Waals surface area contributed by atoms with Crippen LogP contribution in [0.3, 0.4) is 0 Å². The smallest absolute Gasteiger partial charge is 0.314 e. The zero-order valence-electron chi connectivity index (χ0n) is 13.8. The fraction of sp³-hybridized carbons (Fsp3) is 0.647. The van der Waals surface area contributed by atoms with E-state index in [1.807, 2.05) is 0 Å². The minimum absolute atomic E-state index is 0. The molecule has 2 fully saturated rings. The molecule has 1 heterocycles. The van der Waals surface area contributed by atoms with E-state index in [4.69, 9.17) is 11.6 Å². The maximum absolute atomic E-state index is 12.9. The van der Waals surface area contributed by atoms with Crippen LogP contribution in [0.25, 0.3) is 0 Å². The molecule has 0 unspecified atom stereocenters. The predicted molar refractivity (Wildman–Crippen MR) is 100 cm³/mol. The lowest BCUT2D eigenvalue weighted by Crippen LogP contribution is -2.46. The van der Waals surface area contributed by atoms with Crippen LogP contribution >= 0.6 is 36.4 Å². The molecule has 1 atom stereocenters. The summed E-state index contributed by atoms with van der Waals surface area (Å²) < 4.78 is 38.8.